The molecule has 2 N–H and O–H groups in total. The first-order valence-corrected chi connectivity index (χ1v) is 4.86. The first-order chi connectivity index (χ1) is 6.65. The number of nitrogen functional groups attached to an aromatic ring is 1. The van der Waals surface area contributed by atoms with Crippen LogP contribution >= 0.6 is 15.9 Å². The summed E-state index contributed by atoms with van der Waals surface area (Å²) in [6.45, 7) is 0. The Bertz CT molecular complexity index is 421. The van der Waals surface area contributed by atoms with Gasteiger partial charge in [-0.1, -0.05) is 27.8 Å². The van der Waals surface area contributed by atoms with E-state index in [0.29, 0.717) is 10.9 Å². The molecule has 0 atom stereocenters. The van der Waals surface area contributed by atoms with Gasteiger partial charge in [0.25, 0.3) is 5.69 Å². The number of nitrogens with two attached hydrogens (primary N) is 1. The molecule has 0 aromatic heterocycles. The van der Waals surface area contributed by atoms with Gasteiger partial charge in [-0.05, 0) is 12.1 Å². The molecule has 14 heavy (non-hydrogen) atoms. The molecular formula is C9H7BrN2O2. The molecule has 1 aromatic carbocycles. The molecule has 1 aromatic rings. The zero-order chi connectivity index (χ0) is 10.6. The van der Waals surface area contributed by atoms with E-state index in [0.717, 1.165) is 0 Å². The summed E-state index contributed by atoms with van der Waals surface area (Å²) in [5.74, 6) is 5.51. The Kier molecular flexibility index (Phi) is 3.48. The lowest BCUT2D eigenvalue weighted by Crippen LogP contribution is -1.95. The number of alkyl halides is 1. The van der Waals surface area contributed by atoms with Gasteiger partial charge in [0.05, 0.1) is 10.3 Å². The fraction of sp³-hybridized carbons (Fsp3) is 0.111. The largest absolute Gasteiger partial charge is 0.393 e. The summed E-state index contributed by atoms with van der Waals surface area (Å²) < 4.78 is 0. The van der Waals surface area contributed by atoms with Gasteiger partial charge >= 0.3 is 0 Å². The molecule has 0 spiro atoms. The molecule has 0 aliphatic heterocycles. The van der Waals surface area contributed by atoms with Gasteiger partial charge < -0.3 is 5.73 Å². The number of halogens is 1. The maximum Gasteiger partial charge on any atom is 0.293 e. The summed E-state index contributed by atoms with van der Waals surface area (Å²) in [6.07, 6.45) is 0. The SMILES string of the molecule is Nc1ccc(C#CCBr)cc1[N+](=O)[O-]. The van der Waals surface area contributed by atoms with Crippen molar-refractivity contribution in [2.45, 2.75) is 0 Å². The number of nitrogens with zero attached hydrogens (tertiary/aromatic N) is 1. The summed E-state index contributed by atoms with van der Waals surface area (Å²) in [6, 6.07) is 4.50. The summed E-state index contributed by atoms with van der Waals surface area (Å²) >= 11 is 3.14. The van der Waals surface area contributed by atoms with E-state index >= 15 is 0 Å². The van der Waals surface area contributed by atoms with E-state index in [1.165, 1.54) is 12.1 Å². The average molecular weight is 255 g/mol. The standard InChI is InChI=1S/C9H7BrN2O2/c10-5-1-2-7-3-4-8(11)9(6-7)12(13)14/h3-4,6H,5,11H2. The van der Waals surface area contributed by atoms with Crippen LogP contribution in [0, 0.1) is 22.0 Å². The maximum atomic E-state index is 10.5. The highest BCUT2D eigenvalue weighted by molar-refractivity contribution is 9.09. The van der Waals surface area contributed by atoms with Gasteiger partial charge in [0.15, 0.2) is 0 Å². The highest BCUT2D eigenvalue weighted by Gasteiger charge is 2.10. The molecule has 4 nitrogen and oxygen atoms in total. The lowest BCUT2D eigenvalue weighted by atomic mass is 10.2. The Morgan fingerprint density at radius 2 is 2.29 bits per heavy atom. The van der Waals surface area contributed by atoms with Crippen molar-refractivity contribution < 1.29 is 4.92 Å². The molecule has 0 fully saturated rings. The van der Waals surface area contributed by atoms with Crippen LogP contribution in [0.5, 0.6) is 0 Å². The topological polar surface area (TPSA) is 69.2 Å². The third kappa shape index (κ3) is 2.47. The fourth-order valence-corrected chi connectivity index (χ4v) is 1.06. The van der Waals surface area contributed by atoms with Crippen molar-refractivity contribution >= 4 is 27.3 Å². The van der Waals surface area contributed by atoms with Gasteiger partial charge in [0.1, 0.15) is 5.69 Å². The van der Waals surface area contributed by atoms with Crippen LogP contribution in [0.3, 0.4) is 0 Å². The van der Waals surface area contributed by atoms with Gasteiger partial charge in [-0.25, -0.2) is 0 Å². The zero-order valence-corrected chi connectivity index (χ0v) is 8.74. The molecule has 0 amide bonds. The van der Waals surface area contributed by atoms with E-state index in [-0.39, 0.29) is 11.4 Å². The van der Waals surface area contributed by atoms with Crippen molar-refractivity contribution in [3.63, 3.8) is 0 Å². The number of anilines is 1. The van der Waals surface area contributed by atoms with Crippen LogP contribution in [0.15, 0.2) is 18.2 Å². The normalized spacial score (nSPS) is 8.93. The van der Waals surface area contributed by atoms with Crippen molar-refractivity contribution in [3.8, 4) is 11.8 Å². The monoisotopic (exact) mass is 254 g/mol. The van der Waals surface area contributed by atoms with Crippen molar-refractivity contribution in [2.75, 3.05) is 11.1 Å². The van der Waals surface area contributed by atoms with Gasteiger partial charge in [-0.15, -0.1) is 0 Å². The molecule has 1 rings (SSSR count). The van der Waals surface area contributed by atoms with Gasteiger partial charge in [-0.2, -0.15) is 0 Å². The molecule has 0 bridgehead atoms. The number of benzene rings is 1. The Morgan fingerprint density at radius 3 is 2.86 bits per heavy atom. The molecule has 0 saturated carbocycles. The summed E-state index contributed by atoms with van der Waals surface area (Å²) in [5.41, 5.74) is 6.06. The van der Waals surface area contributed by atoms with Crippen molar-refractivity contribution in [2.24, 2.45) is 0 Å². The van der Waals surface area contributed by atoms with Gasteiger partial charge in [0, 0.05) is 11.6 Å². The molecule has 0 aliphatic carbocycles. The van der Waals surface area contributed by atoms with E-state index in [1.54, 1.807) is 6.07 Å². The van der Waals surface area contributed by atoms with E-state index < -0.39 is 4.92 Å². The second-order valence-electron chi connectivity index (χ2n) is 2.47. The Hall–Kier alpha value is -1.54. The number of hydrogen-bond donors (Lipinski definition) is 1. The van der Waals surface area contributed by atoms with Crippen molar-refractivity contribution in [1.29, 1.82) is 0 Å². The smallest absolute Gasteiger partial charge is 0.293 e. The van der Waals surface area contributed by atoms with Crippen LogP contribution in [0.4, 0.5) is 11.4 Å². The van der Waals surface area contributed by atoms with Crippen LogP contribution < -0.4 is 5.73 Å². The maximum absolute atomic E-state index is 10.5. The molecule has 0 saturated heterocycles. The quantitative estimate of drug-likeness (QED) is 0.274. The summed E-state index contributed by atoms with van der Waals surface area (Å²) in [5, 5.41) is 11.0. The fourth-order valence-electron chi connectivity index (χ4n) is 0.915. The minimum absolute atomic E-state index is 0.105. The predicted octanol–water partition coefficient (Wildman–Crippen LogP) is 1.92. The number of nitro groups is 1. The molecule has 72 valence electrons. The Balaban J connectivity index is 3.13. The number of hydrogen-bond acceptors (Lipinski definition) is 3. The summed E-state index contributed by atoms with van der Waals surface area (Å²) in [7, 11) is 0. The van der Waals surface area contributed by atoms with Gasteiger partial charge in [-0.3, -0.25) is 10.1 Å². The van der Waals surface area contributed by atoms with Gasteiger partial charge in [0.2, 0.25) is 0 Å². The summed E-state index contributed by atoms with van der Waals surface area (Å²) in [4.78, 5) is 10.00. The second-order valence-corrected chi connectivity index (χ2v) is 3.03. The molecule has 0 unspecified atom stereocenters. The van der Waals surface area contributed by atoms with Crippen LogP contribution in [0.25, 0.3) is 0 Å². The predicted molar refractivity (Wildman–Crippen MR) is 58.2 cm³/mol. The van der Waals surface area contributed by atoms with Crippen molar-refractivity contribution in [3.05, 3.63) is 33.9 Å². The van der Waals surface area contributed by atoms with E-state index in [2.05, 4.69) is 27.8 Å². The second kappa shape index (κ2) is 4.63. The van der Waals surface area contributed by atoms with Crippen LogP contribution in [0.1, 0.15) is 5.56 Å². The molecule has 5 heteroatoms. The number of rotatable bonds is 1. The van der Waals surface area contributed by atoms with E-state index in [4.69, 9.17) is 5.73 Å². The zero-order valence-electron chi connectivity index (χ0n) is 7.16. The Labute approximate surface area is 89.4 Å². The average Bonchev–Trinajstić information content (AvgIpc) is 2.16. The third-order valence-corrected chi connectivity index (χ3v) is 1.81. The van der Waals surface area contributed by atoms with E-state index in [9.17, 15) is 10.1 Å². The van der Waals surface area contributed by atoms with Crippen LogP contribution in [0.2, 0.25) is 0 Å². The van der Waals surface area contributed by atoms with Crippen molar-refractivity contribution in [1.82, 2.24) is 0 Å². The molecule has 0 aliphatic rings. The molecular weight excluding hydrogens is 248 g/mol. The highest BCUT2D eigenvalue weighted by atomic mass is 79.9. The lowest BCUT2D eigenvalue weighted by Gasteiger charge is -1.96. The minimum atomic E-state index is -0.519. The van der Waals surface area contributed by atoms with E-state index in [1.807, 2.05) is 0 Å². The Morgan fingerprint density at radius 1 is 1.57 bits per heavy atom. The minimum Gasteiger partial charge on any atom is -0.393 e. The highest BCUT2D eigenvalue weighted by Crippen LogP contribution is 2.21. The van der Waals surface area contributed by atoms with Crippen LogP contribution in [-0.4, -0.2) is 10.3 Å². The molecule has 0 radical (unpaired) electrons. The third-order valence-electron chi connectivity index (χ3n) is 1.53. The first kappa shape index (κ1) is 10.5. The van der Waals surface area contributed by atoms with Crippen LogP contribution in [-0.2, 0) is 0 Å². The first-order valence-electron chi connectivity index (χ1n) is 3.74. The molecule has 0 heterocycles. The number of nitro benzene ring substituents is 1. The lowest BCUT2D eigenvalue weighted by molar-refractivity contribution is -0.383.